The van der Waals surface area contributed by atoms with Crippen molar-refractivity contribution in [3.05, 3.63) is 0 Å². The molecule has 0 spiro atoms. The van der Waals surface area contributed by atoms with Crippen LogP contribution in [0, 0.1) is 16.2 Å². The van der Waals surface area contributed by atoms with Gasteiger partial charge in [-0.25, -0.2) is 0 Å². The third kappa shape index (κ3) is 1.22. The SMILES string of the molecule is CC.CC(=O)N1C(C)(C)C2(C)C(C)(C)C2(C)C1(C)C. The van der Waals surface area contributed by atoms with Gasteiger partial charge in [-0.2, -0.15) is 0 Å². The van der Waals surface area contributed by atoms with Crippen LogP contribution in [0.25, 0.3) is 0 Å². The molecule has 0 aromatic carbocycles. The minimum atomic E-state index is -0.0828. The van der Waals surface area contributed by atoms with Crippen molar-refractivity contribution in [1.82, 2.24) is 4.90 Å². The van der Waals surface area contributed by atoms with Crippen molar-refractivity contribution in [3.8, 4) is 0 Å². The van der Waals surface area contributed by atoms with Crippen LogP contribution in [0.1, 0.15) is 76.2 Å². The summed E-state index contributed by atoms with van der Waals surface area (Å²) in [5.41, 5.74) is 0.477. The predicted octanol–water partition coefficient (Wildman–Crippen LogP) is 4.48. The van der Waals surface area contributed by atoms with Gasteiger partial charge < -0.3 is 4.90 Å². The third-order valence-electron chi connectivity index (χ3n) is 7.32. The molecule has 1 aliphatic heterocycles. The Morgan fingerprint density at radius 3 is 1.21 bits per heavy atom. The molecule has 2 atom stereocenters. The van der Waals surface area contributed by atoms with Crippen molar-refractivity contribution < 1.29 is 4.79 Å². The summed E-state index contributed by atoms with van der Waals surface area (Å²) >= 11 is 0. The van der Waals surface area contributed by atoms with Gasteiger partial charge in [0.25, 0.3) is 0 Å². The molecule has 0 aromatic rings. The Morgan fingerprint density at radius 1 is 0.737 bits per heavy atom. The fraction of sp³-hybridized carbons (Fsp3) is 0.941. The monoisotopic (exact) mass is 267 g/mol. The van der Waals surface area contributed by atoms with E-state index in [0.29, 0.717) is 0 Å². The molecule has 2 nitrogen and oxygen atoms in total. The van der Waals surface area contributed by atoms with Crippen molar-refractivity contribution >= 4 is 5.91 Å². The zero-order valence-electron chi connectivity index (χ0n) is 14.9. The highest BCUT2D eigenvalue weighted by atomic mass is 16.2. The van der Waals surface area contributed by atoms with Crippen LogP contribution in [0.15, 0.2) is 0 Å². The van der Waals surface area contributed by atoms with Crippen LogP contribution in [0.3, 0.4) is 0 Å². The molecule has 1 aliphatic carbocycles. The number of nitrogens with zero attached hydrogens (tertiary/aromatic N) is 1. The number of fused-ring (bicyclic) bond motifs is 1. The van der Waals surface area contributed by atoms with Crippen molar-refractivity contribution in [2.24, 2.45) is 16.2 Å². The molecule has 1 heterocycles. The van der Waals surface area contributed by atoms with Crippen molar-refractivity contribution in [1.29, 1.82) is 0 Å². The van der Waals surface area contributed by atoms with E-state index in [1.165, 1.54) is 0 Å². The van der Waals surface area contributed by atoms with E-state index >= 15 is 0 Å². The lowest BCUT2D eigenvalue weighted by atomic mass is 9.78. The molecule has 112 valence electrons. The fourth-order valence-electron chi connectivity index (χ4n) is 6.03. The number of piperidine rings is 1. The minimum absolute atomic E-state index is 0.0828. The second-order valence-corrected chi connectivity index (χ2v) is 7.85. The Bertz CT molecular complexity index is 377. The standard InChI is InChI=1S/C15H27NO.C2H6/c1-10(17)16-12(4,5)14(8)11(2,3)15(14,9)13(16,6)7;1-2/h1-9H3;1-2H3. The summed E-state index contributed by atoms with van der Waals surface area (Å²) < 4.78 is 0. The van der Waals surface area contributed by atoms with Gasteiger partial charge in [0.1, 0.15) is 0 Å². The first kappa shape index (κ1) is 16.5. The van der Waals surface area contributed by atoms with Crippen LogP contribution >= 0.6 is 0 Å². The number of rotatable bonds is 0. The van der Waals surface area contributed by atoms with Crippen molar-refractivity contribution in [2.75, 3.05) is 0 Å². The summed E-state index contributed by atoms with van der Waals surface area (Å²) in [7, 11) is 0. The van der Waals surface area contributed by atoms with E-state index in [0.717, 1.165) is 0 Å². The highest BCUT2D eigenvalue weighted by Gasteiger charge is 2.92. The maximum Gasteiger partial charge on any atom is 0.220 e. The highest BCUT2D eigenvalue weighted by molar-refractivity contribution is 5.77. The first-order valence-corrected chi connectivity index (χ1v) is 7.62. The second-order valence-electron chi connectivity index (χ2n) is 7.85. The molecule has 0 bridgehead atoms. The van der Waals surface area contributed by atoms with Gasteiger partial charge in [-0.3, -0.25) is 4.79 Å². The summed E-state index contributed by atoms with van der Waals surface area (Å²) in [4.78, 5) is 14.2. The van der Waals surface area contributed by atoms with E-state index in [2.05, 4.69) is 60.3 Å². The smallest absolute Gasteiger partial charge is 0.220 e. The van der Waals surface area contributed by atoms with Gasteiger partial charge >= 0.3 is 0 Å². The lowest BCUT2D eigenvalue weighted by Gasteiger charge is -2.49. The average molecular weight is 267 g/mol. The van der Waals surface area contributed by atoms with Gasteiger partial charge in [-0.1, -0.05) is 41.5 Å². The maximum atomic E-state index is 12.1. The van der Waals surface area contributed by atoms with Gasteiger partial charge in [-0.15, -0.1) is 0 Å². The number of hydrogen-bond donors (Lipinski definition) is 0. The topological polar surface area (TPSA) is 20.3 Å². The van der Waals surface area contributed by atoms with Crippen LogP contribution in [0.4, 0.5) is 0 Å². The highest BCUT2D eigenvalue weighted by Crippen LogP contribution is 2.90. The normalized spacial score (nSPS) is 40.1. The van der Waals surface area contributed by atoms with Gasteiger partial charge in [0, 0.05) is 28.8 Å². The molecular formula is C17H33NO. The van der Waals surface area contributed by atoms with E-state index in [4.69, 9.17) is 0 Å². The van der Waals surface area contributed by atoms with Crippen molar-refractivity contribution in [3.63, 3.8) is 0 Å². The summed E-state index contributed by atoms with van der Waals surface area (Å²) in [5.74, 6) is 0.199. The van der Waals surface area contributed by atoms with Gasteiger partial charge in [0.05, 0.1) is 0 Å². The Morgan fingerprint density at radius 2 is 1.00 bits per heavy atom. The van der Waals surface area contributed by atoms with Crippen LogP contribution < -0.4 is 0 Å². The van der Waals surface area contributed by atoms with Crippen LogP contribution in [0.2, 0.25) is 0 Å². The quantitative estimate of drug-likeness (QED) is 0.633. The Hall–Kier alpha value is -0.530. The molecule has 2 fully saturated rings. The molecule has 2 unspecified atom stereocenters. The number of likely N-dealkylation sites (tertiary alicyclic amines) is 1. The molecule has 2 heteroatoms. The summed E-state index contributed by atoms with van der Waals surface area (Å²) in [6, 6.07) is 0. The number of hydrogen-bond acceptors (Lipinski definition) is 1. The van der Waals surface area contributed by atoms with E-state index < -0.39 is 0 Å². The molecule has 1 saturated heterocycles. The molecule has 0 N–H and O–H groups in total. The molecule has 0 aromatic heterocycles. The maximum absolute atomic E-state index is 12.1. The molecule has 0 radical (unpaired) electrons. The predicted molar refractivity (Wildman–Crippen MR) is 82.0 cm³/mol. The van der Waals surface area contributed by atoms with Gasteiger partial charge in [0.2, 0.25) is 5.91 Å². The van der Waals surface area contributed by atoms with E-state index in [1.807, 2.05) is 13.8 Å². The van der Waals surface area contributed by atoms with Crippen LogP contribution in [-0.2, 0) is 4.79 Å². The van der Waals surface area contributed by atoms with E-state index in [-0.39, 0.29) is 33.2 Å². The molecule has 1 saturated carbocycles. The first-order valence-electron chi connectivity index (χ1n) is 7.62. The summed E-state index contributed by atoms with van der Waals surface area (Å²) in [5, 5.41) is 0. The molecule has 19 heavy (non-hydrogen) atoms. The van der Waals surface area contributed by atoms with E-state index in [9.17, 15) is 4.79 Å². The lowest BCUT2D eigenvalue weighted by molar-refractivity contribution is -0.143. The van der Waals surface area contributed by atoms with Gasteiger partial charge in [-0.05, 0) is 33.1 Å². The van der Waals surface area contributed by atoms with Gasteiger partial charge in [0.15, 0.2) is 0 Å². The second kappa shape index (κ2) is 3.77. The average Bonchev–Trinajstić information content (AvgIpc) is 2.57. The minimum Gasteiger partial charge on any atom is -0.332 e. The number of carbonyl (C=O) groups excluding carboxylic acids is 1. The summed E-state index contributed by atoms with van der Waals surface area (Å²) in [6.07, 6.45) is 0. The van der Waals surface area contributed by atoms with Crippen molar-refractivity contribution in [2.45, 2.75) is 87.2 Å². The largest absolute Gasteiger partial charge is 0.332 e. The number of carbonyl (C=O) groups is 1. The zero-order valence-corrected chi connectivity index (χ0v) is 14.9. The Kier molecular flexibility index (Phi) is 3.28. The zero-order chi connectivity index (χ0) is 15.7. The molecule has 2 aliphatic rings. The van der Waals surface area contributed by atoms with Crippen LogP contribution in [0.5, 0.6) is 0 Å². The summed E-state index contributed by atoms with van der Waals surface area (Å²) in [6.45, 7) is 24.1. The lowest BCUT2D eigenvalue weighted by Crippen LogP contribution is -2.58. The first-order chi connectivity index (χ1) is 8.32. The number of amides is 1. The molecule has 1 amide bonds. The third-order valence-corrected chi connectivity index (χ3v) is 7.32. The fourth-order valence-corrected chi connectivity index (χ4v) is 6.03. The molecule has 2 rings (SSSR count). The Balaban J connectivity index is 0.000000861. The van der Waals surface area contributed by atoms with E-state index in [1.54, 1.807) is 6.92 Å². The molecular weight excluding hydrogens is 234 g/mol. The Labute approximate surface area is 119 Å². The van der Waals surface area contributed by atoms with Crippen LogP contribution in [-0.4, -0.2) is 21.9 Å².